The van der Waals surface area contributed by atoms with Crippen molar-refractivity contribution in [2.24, 2.45) is 0 Å². The first-order valence-electron chi connectivity index (χ1n) is 2.45. The largest absolute Gasteiger partial charge is 0.426 e. The van der Waals surface area contributed by atoms with Crippen molar-refractivity contribution in [3.8, 4) is 0 Å². The van der Waals surface area contributed by atoms with Crippen LogP contribution in [0.4, 0.5) is 0 Å². The highest BCUT2D eigenvalue weighted by molar-refractivity contribution is 7.81. The first-order valence-corrected chi connectivity index (χ1v) is 3.79. The van der Waals surface area contributed by atoms with Crippen LogP contribution in [0.5, 0.6) is 0 Å². The van der Waals surface area contributed by atoms with Crippen LogP contribution in [-0.4, -0.2) is 32.0 Å². The van der Waals surface area contributed by atoms with Crippen LogP contribution in [0, 0.1) is 0 Å². The van der Waals surface area contributed by atoms with Crippen molar-refractivity contribution in [1.82, 2.24) is 0 Å². The van der Waals surface area contributed by atoms with Crippen molar-refractivity contribution in [3.05, 3.63) is 0 Å². The van der Waals surface area contributed by atoms with E-state index in [9.17, 15) is 8.42 Å². The monoisotopic (exact) mass is 172 g/mol. The third-order valence-corrected chi connectivity index (χ3v) is 1.26. The maximum Gasteiger partial charge on any atom is 0.426 e. The van der Waals surface area contributed by atoms with E-state index in [1.54, 1.807) is 0 Å². The predicted octanol–water partition coefficient (Wildman–Crippen LogP) is -0.880. The quantitative estimate of drug-likeness (QED) is 0.318. The molecule has 0 unspecified atom stereocenters. The number of rotatable bonds is 5. The highest BCUT2D eigenvalue weighted by Crippen LogP contribution is 1.93. The summed E-state index contributed by atoms with van der Waals surface area (Å²) in [7, 11) is -4.25. The highest BCUT2D eigenvalue weighted by Gasteiger charge is 2.09. The highest BCUT2D eigenvalue weighted by atomic mass is 32.3. The van der Waals surface area contributed by atoms with E-state index in [0.29, 0.717) is 0 Å². The smallest absolute Gasteiger partial charge is 0.396 e. The Labute approximate surface area is 58.3 Å². The lowest BCUT2D eigenvalue weighted by Crippen LogP contribution is -2.09. The van der Waals surface area contributed by atoms with Gasteiger partial charge in [-0.25, -0.2) is 9.44 Å². The van der Waals surface area contributed by atoms with Crippen LogP contribution in [0.1, 0.15) is 6.42 Å². The Kier molecular flexibility index (Phi) is 4.49. The van der Waals surface area contributed by atoms with Gasteiger partial charge in [0.15, 0.2) is 0 Å². The summed E-state index contributed by atoms with van der Waals surface area (Å²) in [6.45, 7) is -0.389. The average molecular weight is 172 g/mol. The molecule has 0 heterocycles. The van der Waals surface area contributed by atoms with Crippen LogP contribution in [0.3, 0.4) is 0 Å². The summed E-state index contributed by atoms with van der Waals surface area (Å²) in [5.41, 5.74) is 0. The first-order chi connectivity index (χ1) is 4.62. The standard InChI is InChI=1S/C3H8O6S/c4-2-1-3-8-10(6,7)9-5/h4-5H,1-3H2. The normalized spacial score (nSPS) is 11.8. The van der Waals surface area contributed by atoms with E-state index in [0.717, 1.165) is 0 Å². The van der Waals surface area contributed by atoms with E-state index >= 15 is 0 Å². The molecule has 0 fully saturated rings. The lowest BCUT2D eigenvalue weighted by molar-refractivity contribution is -0.142. The summed E-state index contributed by atoms with van der Waals surface area (Å²) in [6.07, 6.45) is 0.169. The Hall–Kier alpha value is -0.210. The molecule has 0 atom stereocenters. The van der Waals surface area contributed by atoms with E-state index in [1.165, 1.54) is 0 Å². The molecule has 7 heteroatoms. The van der Waals surface area contributed by atoms with Crippen molar-refractivity contribution < 1.29 is 27.3 Å². The molecule has 0 spiro atoms. The topological polar surface area (TPSA) is 93.1 Å². The van der Waals surface area contributed by atoms with Gasteiger partial charge in [0.2, 0.25) is 0 Å². The molecule has 0 saturated carbocycles. The minimum absolute atomic E-state index is 0.169. The molecule has 0 aliphatic carbocycles. The Morgan fingerprint density at radius 2 is 2.00 bits per heavy atom. The van der Waals surface area contributed by atoms with Gasteiger partial charge in [-0.3, -0.25) is 0 Å². The van der Waals surface area contributed by atoms with Gasteiger partial charge in [-0.2, -0.15) is 8.42 Å². The maximum atomic E-state index is 10.1. The molecule has 0 saturated heterocycles. The van der Waals surface area contributed by atoms with Gasteiger partial charge in [0.1, 0.15) is 0 Å². The Morgan fingerprint density at radius 3 is 2.40 bits per heavy atom. The molecule has 62 valence electrons. The van der Waals surface area contributed by atoms with Gasteiger partial charge in [0.25, 0.3) is 0 Å². The van der Waals surface area contributed by atoms with Gasteiger partial charge in [-0.1, -0.05) is 4.33 Å². The average Bonchev–Trinajstić information content (AvgIpc) is 1.89. The van der Waals surface area contributed by atoms with Crippen LogP contribution >= 0.6 is 0 Å². The molecule has 0 bridgehead atoms. The van der Waals surface area contributed by atoms with Crippen molar-refractivity contribution >= 4 is 10.4 Å². The van der Waals surface area contributed by atoms with E-state index in [2.05, 4.69) is 8.52 Å². The molecule has 0 aliphatic rings. The fraction of sp³-hybridized carbons (Fsp3) is 1.00. The van der Waals surface area contributed by atoms with E-state index in [-0.39, 0.29) is 19.6 Å². The minimum Gasteiger partial charge on any atom is -0.396 e. The van der Waals surface area contributed by atoms with Crippen LogP contribution in [0.15, 0.2) is 0 Å². The maximum absolute atomic E-state index is 10.1. The second kappa shape index (κ2) is 4.58. The third kappa shape index (κ3) is 4.65. The summed E-state index contributed by atoms with van der Waals surface area (Å²) in [6, 6.07) is 0. The molecule has 0 aliphatic heterocycles. The second-order valence-electron chi connectivity index (χ2n) is 1.38. The zero-order valence-electron chi connectivity index (χ0n) is 5.06. The molecular formula is C3H8O6S. The van der Waals surface area contributed by atoms with E-state index in [4.69, 9.17) is 10.4 Å². The van der Waals surface area contributed by atoms with E-state index < -0.39 is 10.4 Å². The van der Waals surface area contributed by atoms with Crippen molar-refractivity contribution in [1.29, 1.82) is 0 Å². The SMILES string of the molecule is O=S(=O)(OO)OCCCO. The molecule has 0 rings (SSSR count). The van der Waals surface area contributed by atoms with Crippen molar-refractivity contribution in [2.45, 2.75) is 6.42 Å². The van der Waals surface area contributed by atoms with Gasteiger partial charge < -0.3 is 5.11 Å². The van der Waals surface area contributed by atoms with E-state index in [1.807, 2.05) is 0 Å². The summed E-state index contributed by atoms with van der Waals surface area (Å²) < 4.78 is 27.1. The van der Waals surface area contributed by atoms with Crippen LogP contribution in [-0.2, 0) is 18.9 Å². The fourth-order valence-electron chi connectivity index (χ4n) is 0.247. The molecule has 6 nitrogen and oxygen atoms in total. The van der Waals surface area contributed by atoms with Crippen molar-refractivity contribution in [3.63, 3.8) is 0 Å². The number of hydrogen-bond acceptors (Lipinski definition) is 6. The minimum atomic E-state index is -4.25. The summed E-state index contributed by atoms with van der Waals surface area (Å²) in [5.74, 6) is 0. The van der Waals surface area contributed by atoms with Crippen LogP contribution in [0.2, 0.25) is 0 Å². The van der Waals surface area contributed by atoms with Gasteiger partial charge in [-0.05, 0) is 6.42 Å². The number of hydrogen-bond donors (Lipinski definition) is 2. The molecule has 0 aromatic carbocycles. The molecule has 10 heavy (non-hydrogen) atoms. The predicted molar refractivity (Wildman–Crippen MR) is 30.3 cm³/mol. The molecule has 0 amide bonds. The number of aliphatic hydroxyl groups is 1. The van der Waals surface area contributed by atoms with Gasteiger partial charge in [0.05, 0.1) is 6.61 Å². The van der Waals surface area contributed by atoms with Crippen molar-refractivity contribution in [2.75, 3.05) is 13.2 Å². The molecule has 0 aromatic heterocycles. The Bertz CT molecular complexity index is 160. The lowest BCUT2D eigenvalue weighted by Gasteiger charge is -1.97. The first kappa shape index (κ1) is 9.79. The Morgan fingerprint density at radius 1 is 1.40 bits per heavy atom. The Balaban J connectivity index is 3.49. The zero-order chi connectivity index (χ0) is 8.04. The summed E-state index contributed by atoms with van der Waals surface area (Å²) >= 11 is 0. The molecule has 2 N–H and O–H groups in total. The van der Waals surface area contributed by atoms with Gasteiger partial charge in [0, 0.05) is 6.61 Å². The van der Waals surface area contributed by atoms with Crippen LogP contribution in [0.25, 0.3) is 0 Å². The number of aliphatic hydroxyl groups excluding tert-OH is 1. The summed E-state index contributed by atoms with van der Waals surface area (Å²) in [4.78, 5) is 0. The zero-order valence-corrected chi connectivity index (χ0v) is 5.87. The molecular weight excluding hydrogens is 164 g/mol. The second-order valence-corrected chi connectivity index (χ2v) is 2.58. The lowest BCUT2D eigenvalue weighted by atomic mass is 10.5. The molecule has 0 radical (unpaired) electrons. The molecule has 0 aromatic rings. The van der Waals surface area contributed by atoms with Gasteiger partial charge >= 0.3 is 10.4 Å². The van der Waals surface area contributed by atoms with Crippen LogP contribution < -0.4 is 0 Å². The summed E-state index contributed by atoms with van der Waals surface area (Å²) in [5, 5.41) is 15.8. The fourth-order valence-corrected chi connectivity index (χ4v) is 0.612. The third-order valence-electron chi connectivity index (χ3n) is 0.621. The van der Waals surface area contributed by atoms with Gasteiger partial charge in [-0.15, -0.1) is 0 Å².